The summed E-state index contributed by atoms with van der Waals surface area (Å²) in [5, 5.41) is 9.95. The summed E-state index contributed by atoms with van der Waals surface area (Å²) in [7, 11) is 0. The Hall–Kier alpha value is -1.53. The molecule has 1 aliphatic carbocycles. The Kier molecular flexibility index (Phi) is 4.40. The Balaban J connectivity index is 1.55. The molecule has 6 heteroatoms. The van der Waals surface area contributed by atoms with Crippen molar-refractivity contribution in [1.29, 1.82) is 0 Å². The molecule has 3 rings (SSSR count). The fourth-order valence-corrected chi connectivity index (χ4v) is 2.86. The van der Waals surface area contributed by atoms with Crippen molar-refractivity contribution in [1.82, 2.24) is 9.80 Å². The molecular formula is C16H20F2N2O2. The van der Waals surface area contributed by atoms with E-state index in [0.29, 0.717) is 38.6 Å². The molecule has 1 amide bonds. The van der Waals surface area contributed by atoms with Crippen molar-refractivity contribution in [3.63, 3.8) is 0 Å². The standard InChI is InChI=1S/C16H20F2N2O2/c17-12-3-4-13(14(18)9-12)16(22)20-7-5-19(6-8-20)10-15(21)11-1-2-11/h3-4,9,11,15,21H,1-2,5-8,10H2/t15-/m0/s1. The number of piperazine rings is 1. The first-order chi connectivity index (χ1) is 10.5. The average Bonchev–Trinajstić information content (AvgIpc) is 3.32. The van der Waals surface area contributed by atoms with Crippen LogP contribution in [0, 0.1) is 17.6 Å². The first-order valence-corrected chi connectivity index (χ1v) is 7.69. The molecule has 0 bridgehead atoms. The van der Waals surface area contributed by atoms with Gasteiger partial charge in [0.15, 0.2) is 0 Å². The van der Waals surface area contributed by atoms with Gasteiger partial charge in [-0.1, -0.05) is 0 Å². The highest BCUT2D eigenvalue weighted by atomic mass is 19.1. The predicted octanol–water partition coefficient (Wildman–Crippen LogP) is 1.49. The highest BCUT2D eigenvalue weighted by molar-refractivity contribution is 5.94. The quantitative estimate of drug-likeness (QED) is 0.916. The summed E-state index contributed by atoms with van der Waals surface area (Å²) in [4.78, 5) is 16.0. The normalized spacial score (nSPS) is 21.0. The van der Waals surface area contributed by atoms with E-state index in [0.717, 1.165) is 25.0 Å². The molecule has 1 aromatic rings. The van der Waals surface area contributed by atoms with Crippen LogP contribution >= 0.6 is 0 Å². The third-order valence-electron chi connectivity index (χ3n) is 4.43. The van der Waals surface area contributed by atoms with E-state index in [1.807, 2.05) is 0 Å². The minimum Gasteiger partial charge on any atom is -0.392 e. The van der Waals surface area contributed by atoms with Crippen LogP contribution in [0.15, 0.2) is 18.2 Å². The zero-order chi connectivity index (χ0) is 15.7. The van der Waals surface area contributed by atoms with Crippen LogP contribution < -0.4 is 0 Å². The highest BCUT2D eigenvalue weighted by Crippen LogP contribution is 2.32. The van der Waals surface area contributed by atoms with Gasteiger partial charge in [-0.05, 0) is 30.9 Å². The lowest BCUT2D eigenvalue weighted by atomic mass is 10.1. The van der Waals surface area contributed by atoms with Crippen molar-refractivity contribution < 1.29 is 18.7 Å². The van der Waals surface area contributed by atoms with Gasteiger partial charge in [0, 0.05) is 38.8 Å². The van der Waals surface area contributed by atoms with Crippen molar-refractivity contribution in [2.24, 2.45) is 5.92 Å². The molecule has 2 fully saturated rings. The maximum atomic E-state index is 13.7. The van der Waals surface area contributed by atoms with Gasteiger partial charge in [0.1, 0.15) is 11.6 Å². The Morgan fingerprint density at radius 3 is 2.50 bits per heavy atom. The summed E-state index contributed by atoms with van der Waals surface area (Å²) in [6.45, 7) is 2.95. The molecular weight excluding hydrogens is 290 g/mol. The van der Waals surface area contributed by atoms with Crippen LogP contribution in [0.2, 0.25) is 0 Å². The number of β-amino-alcohol motifs (C(OH)–C–C–N with tert-alkyl or cyclic N) is 1. The topological polar surface area (TPSA) is 43.8 Å². The molecule has 0 aromatic heterocycles. The highest BCUT2D eigenvalue weighted by Gasteiger charge is 2.32. The van der Waals surface area contributed by atoms with Gasteiger partial charge >= 0.3 is 0 Å². The van der Waals surface area contributed by atoms with Crippen LogP contribution in [0.4, 0.5) is 8.78 Å². The summed E-state index contributed by atoms with van der Waals surface area (Å²) in [5.41, 5.74) is -0.0899. The van der Waals surface area contributed by atoms with Gasteiger partial charge < -0.3 is 10.0 Å². The van der Waals surface area contributed by atoms with E-state index >= 15 is 0 Å². The van der Waals surface area contributed by atoms with Gasteiger partial charge in [0.25, 0.3) is 5.91 Å². The molecule has 1 saturated heterocycles. The largest absolute Gasteiger partial charge is 0.392 e. The van der Waals surface area contributed by atoms with E-state index in [2.05, 4.69) is 4.90 Å². The van der Waals surface area contributed by atoms with Crippen LogP contribution in [0.25, 0.3) is 0 Å². The number of hydrogen-bond acceptors (Lipinski definition) is 3. The number of hydrogen-bond donors (Lipinski definition) is 1. The number of benzene rings is 1. The Labute approximate surface area is 128 Å². The van der Waals surface area contributed by atoms with Gasteiger partial charge in [0.2, 0.25) is 0 Å². The zero-order valence-corrected chi connectivity index (χ0v) is 12.3. The van der Waals surface area contributed by atoms with Gasteiger partial charge in [-0.3, -0.25) is 9.69 Å². The van der Waals surface area contributed by atoms with E-state index in [1.54, 1.807) is 4.90 Å². The van der Waals surface area contributed by atoms with Crippen molar-refractivity contribution in [3.05, 3.63) is 35.4 Å². The number of carbonyl (C=O) groups excluding carboxylic acids is 1. The second-order valence-corrected chi connectivity index (χ2v) is 6.12. The number of halogens is 2. The Morgan fingerprint density at radius 2 is 1.91 bits per heavy atom. The van der Waals surface area contributed by atoms with E-state index in [9.17, 15) is 18.7 Å². The number of aliphatic hydroxyl groups is 1. The lowest BCUT2D eigenvalue weighted by molar-refractivity contribution is 0.0485. The number of carbonyl (C=O) groups is 1. The van der Waals surface area contributed by atoms with Gasteiger partial charge in [-0.25, -0.2) is 8.78 Å². The smallest absolute Gasteiger partial charge is 0.256 e. The molecule has 1 atom stereocenters. The molecule has 22 heavy (non-hydrogen) atoms. The van der Waals surface area contributed by atoms with Gasteiger partial charge in [-0.2, -0.15) is 0 Å². The minimum absolute atomic E-state index is 0.0899. The summed E-state index contributed by atoms with van der Waals surface area (Å²) in [5.74, 6) is -1.47. The number of nitrogens with zero attached hydrogens (tertiary/aromatic N) is 2. The van der Waals surface area contributed by atoms with Crippen molar-refractivity contribution in [2.45, 2.75) is 18.9 Å². The molecule has 1 N–H and O–H groups in total. The second kappa shape index (κ2) is 6.30. The molecule has 1 aliphatic heterocycles. The van der Waals surface area contributed by atoms with Crippen molar-refractivity contribution in [3.8, 4) is 0 Å². The van der Waals surface area contributed by atoms with Gasteiger partial charge in [0.05, 0.1) is 11.7 Å². The first-order valence-electron chi connectivity index (χ1n) is 7.69. The molecule has 0 unspecified atom stereocenters. The lowest BCUT2D eigenvalue weighted by Crippen LogP contribution is -2.50. The molecule has 120 valence electrons. The Morgan fingerprint density at radius 1 is 1.23 bits per heavy atom. The van der Waals surface area contributed by atoms with Crippen LogP contribution in [0.1, 0.15) is 23.2 Å². The molecule has 2 aliphatic rings. The SMILES string of the molecule is O=C(c1ccc(F)cc1F)N1CCN(C[C@H](O)C2CC2)CC1. The number of aliphatic hydroxyl groups excluding tert-OH is 1. The number of amides is 1. The molecule has 1 heterocycles. The summed E-state index contributed by atoms with van der Waals surface area (Å²) in [6.07, 6.45) is 1.92. The number of rotatable bonds is 4. The summed E-state index contributed by atoms with van der Waals surface area (Å²) >= 11 is 0. The van der Waals surface area contributed by atoms with E-state index < -0.39 is 17.5 Å². The first kappa shape index (κ1) is 15.4. The third kappa shape index (κ3) is 3.44. The van der Waals surface area contributed by atoms with Crippen LogP contribution in [-0.4, -0.2) is 59.6 Å². The monoisotopic (exact) mass is 310 g/mol. The van der Waals surface area contributed by atoms with Crippen molar-refractivity contribution >= 4 is 5.91 Å². The third-order valence-corrected chi connectivity index (χ3v) is 4.43. The molecule has 4 nitrogen and oxygen atoms in total. The maximum absolute atomic E-state index is 13.7. The fourth-order valence-electron chi connectivity index (χ4n) is 2.86. The molecule has 0 radical (unpaired) electrons. The summed E-state index contributed by atoms with van der Waals surface area (Å²) in [6, 6.07) is 3.02. The average molecular weight is 310 g/mol. The van der Waals surface area contributed by atoms with E-state index in [4.69, 9.17) is 0 Å². The lowest BCUT2D eigenvalue weighted by Gasteiger charge is -2.35. The zero-order valence-electron chi connectivity index (χ0n) is 12.3. The van der Waals surface area contributed by atoms with E-state index in [-0.39, 0.29) is 11.7 Å². The summed E-state index contributed by atoms with van der Waals surface area (Å²) < 4.78 is 26.6. The van der Waals surface area contributed by atoms with Crippen LogP contribution in [0.5, 0.6) is 0 Å². The van der Waals surface area contributed by atoms with Gasteiger partial charge in [-0.15, -0.1) is 0 Å². The molecule has 1 aromatic carbocycles. The fraction of sp³-hybridized carbons (Fsp3) is 0.562. The molecule has 1 saturated carbocycles. The van der Waals surface area contributed by atoms with E-state index in [1.165, 1.54) is 6.07 Å². The second-order valence-electron chi connectivity index (χ2n) is 6.12. The minimum atomic E-state index is -0.823. The predicted molar refractivity (Wildman–Crippen MR) is 77.4 cm³/mol. The Bertz CT molecular complexity index is 555. The molecule has 0 spiro atoms. The van der Waals surface area contributed by atoms with Crippen LogP contribution in [-0.2, 0) is 0 Å². The van der Waals surface area contributed by atoms with Crippen molar-refractivity contribution in [2.75, 3.05) is 32.7 Å². The maximum Gasteiger partial charge on any atom is 0.256 e. The van der Waals surface area contributed by atoms with Crippen LogP contribution in [0.3, 0.4) is 0 Å².